The Bertz CT molecular complexity index is 737. The number of urea groups is 1. The van der Waals surface area contributed by atoms with Crippen LogP contribution in [0.3, 0.4) is 0 Å². The van der Waals surface area contributed by atoms with Crippen molar-refractivity contribution < 1.29 is 14.3 Å². The average Bonchev–Trinajstić information content (AvgIpc) is 2.83. The second kappa shape index (κ2) is 6.28. The quantitative estimate of drug-likeness (QED) is 0.864. The van der Waals surface area contributed by atoms with Crippen molar-refractivity contribution in [2.24, 2.45) is 5.92 Å². The molecule has 0 aliphatic carbocycles. The smallest absolute Gasteiger partial charge is 0.324 e. The maximum atomic E-state index is 12.2. The highest BCUT2D eigenvalue weighted by molar-refractivity contribution is 6.04. The molecule has 1 heterocycles. The molecular formula is C18H20N2O3. The summed E-state index contributed by atoms with van der Waals surface area (Å²) in [5.41, 5.74) is 0. The lowest BCUT2D eigenvalue weighted by atomic mass is 10.1. The van der Waals surface area contributed by atoms with Crippen LogP contribution in [0, 0.1) is 5.92 Å². The Morgan fingerprint density at radius 2 is 1.87 bits per heavy atom. The molecule has 0 aromatic heterocycles. The molecule has 2 aromatic carbocycles. The third-order valence-electron chi connectivity index (χ3n) is 4.04. The first-order chi connectivity index (χ1) is 11.1. The number of amides is 3. The first-order valence-corrected chi connectivity index (χ1v) is 7.80. The van der Waals surface area contributed by atoms with Crippen LogP contribution in [-0.2, 0) is 4.79 Å². The zero-order valence-electron chi connectivity index (χ0n) is 13.3. The summed E-state index contributed by atoms with van der Waals surface area (Å²) in [5, 5.41) is 4.83. The van der Waals surface area contributed by atoms with Gasteiger partial charge in [0, 0.05) is 5.39 Å². The van der Waals surface area contributed by atoms with Gasteiger partial charge in [0.2, 0.25) is 0 Å². The van der Waals surface area contributed by atoms with Gasteiger partial charge in [0.15, 0.2) is 0 Å². The summed E-state index contributed by atoms with van der Waals surface area (Å²) >= 11 is 0. The number of nitrogens with zero attached hydrogens (tertiary/aromatic N) is 1. The predicted molar refractivity (Wildman–Crippen MR) is 88.3 cm³/mol. The van der Waals surface area contributed by atoms with Crippen LogP contribution in [-0.4, -0.2) is 36.0 Å². The third kappa shape index (κ3) is 2.99. The zero-order valence-corrected chi connectivity index (χ0v) is 13.3. The summed E-state index contributed by atoms with van der Waals surface area (Å²) < 4.78 is 5.80. The Morgan fingerprint density at radius 3 is 2.61 bits per heavy atom. The van der Waals surface area contributed by atoms with Gasteiger partial charge in [0.1, 0.15) is 18.4 Å². The molecule has 1 aliphatic rings. The number of imide groups is 1. The van der Waals surface area contributed by atoms with Crippen LogP contribution in [0.2, 0.25) is 0 Å². The van der Waals surface area contributed by atoms with E-state index in [0.29, 0.717) is 0 Å². The summed E-state index contributed by atoms with van der Waals surface area (Å²) in [7, 11) is 0. The van der Waals surface area contributed by atoms with Crippen LogP contribution in [0.4, 0.5) is 4.79 Å². The molecule has 1 N–H and O–H groups in total. The Kier molecular flexibility index (Phi) is 4.19. The summed E-state index contributed by atoms with van der Waals surface area (Å²) in [6, 6.07) is 13.0. The topological polar surface area (TPSA) is 58.6 Å². The maximum absolute atomic E-state index is 12.2. The molecule has 1 atom stereocenters. The lowest BCUT2D eigenvalue weighted by molar-refractivity contribution is -0.128. The molecule has 3 amide bonds. The minimum atomic E-state index is -0.431. The molecule has 3 rings (SSSR count). The Balaban J connectivity index is 1.65. The number of rotatable bonds is 5. The minimum Gasteiger partial charge on any atom is -0.491 e. The van der Waals surface area contributed by atoms with Gasteiger partial charge in [-0.05, 0) is 17.4 Å². The Labute approximate surface area is 135 Å². The van der Waals surface area contributed by atoms with Gasteiger partial charge in [-0.3, -0.25) is 9.69 Å². The largest absolute Gasteiger partial charge is 0.491 e. The number of hydrogen-bond acceptors (Lipinski definition) is 3. The minimum absolute atomic E-state index is 0.0791. The number of nitrogens with one attached hydrogen (secondary N) is 1. The van der Waals surface area contributed by atoms with Gasteiger partial charge < -0.3 is 10.1 Å². The summed E-state index contributed by atoms with van der Waals surface area (Å²) in [5.74, 6) is 0.664. The monoisotopic (exact) mass is 312 g/mol. The fraction of sp³-hybridized carbons (Fsp3) is 0.333. The highest BCUT2D eigenvalue weighted by Gasteiger charge is 2.39. The van der Waals surface area contributed by atoms with Crippen molar-refractivity contribution in [3.05, 3.63) is 42.5 Å². The molecule has 1 fully saturated rings. The van der Waals surface area contributed by atoms with Crippen molar-refractivity contribution in [3.8, 4) is 5.75 Å². The maximum Gasteiger partial charge on any atom is 0.324 e. The molecule has 1 aliphatic heterocycles. The Hall–Kier alpha value is -2.56. The van der Waals surface area contributed by atoms with Crippen LogP contribution >= 0.6 is 0 Å². The van der Waals surface area contributed by atoms with Crippen molar-refractivity contribution in [1.82, 2.24) is 10.2 Å². The highest BCUT2D eigenvalue weighted by atomic mass is 16.5. The van der Waals surface area contributed by atoms with E-state index in [0.717, 1.165) is 16.5 Å². The molecular weight excluding hydrogens is 292 g/mol. The molecule has 5 heteroatoms. The van der Waals surface area contributed by atoms with Gasteiger partial charge in [-0.1, -0.05) is 50.2 Å². The average molecular weight is 312 g/mol. The number of fused-ring (bicyclic) bond motifs is 1. The van der Waals surface area contributed by atoms with E-state index in [1.54, 1.807) is 0 Å². The number of carbonyl (C=O) groups is 2. The van der Waals surface area contributed by atoms with Crippen LogP contribution in [0.15, 0.2) is 42.5 Å². The predicted octanol–water partition coefficient (Wildman–Crippen LogP) is 2.80. The normalized spacial score (nSPS) is 17.9. The summed E-state index contributed by atoms with van der Waals surface area (Å²) in [6.45, 7) is 4.35. The van der Waals surface area contributed by atoms with E-state index in [1.807, 2.05) is 56.3 Å². The highest BCUT2D eigenvalue weighted by Crippen LogP contribution is 2.25. The fourth-order valence-electron chi connectivity index (χ4n) is 2.77. The molecule has 0 radical (unpaired) electrons. The van der Waals surface area contributed by atoms with Crippen molar-refractivity contribution in [3.63, 3.8) is 0 Å². The molecule has 5 nitrogen and oxygen atoms in total. The third-order valence-corrected chi connectivity index (χ3v) is 4.04. The van der Waals surface area contributed by atoms with Gasteiger partial charge in [0.25, 0.3) is 5.91 Å². The van der Waals surface area contributed by atoms with Gasteiger partial charge in [-0.15, -0.1) is 0 Å². The van der Waals surface area contributed by atoms with Gasteiger partial charge in [0.05, 0.1) is 6.54 Å². The molecule has 23 heavy (non-hydrogen) atoms. The van der Waals surface area contributed by atoms with E-state index < -0.39 is 6.04 Å². The van der Waals surface area contributed by atoms with Gasteiger partial charge >= 0.3 is 6.03 Å². The Morgan fingerprint density at radius 1 is 1.13 bits per heavy atom. The summed E-state index contributed by atoms with van der Waals surface area (Å²) in [6.07, 6.45) is 0. The number of carbonyl (C=O) groups excluding carboxylic acids is 2. The standard InChI is InChI=1S/C18H20N2O3/c1-12(2)16-17(21)20(18(22)19-16)10-11-23-15-9-5-7-13-6-3-4-8-14(13)15/h3-9,12,16H,10-11H2,1-2H3,(H,19,22). The van der Waals surface area contributed by atoms with E-state index in [4.69, 9.17) is 4.74 Å². The summed E-state index contributed by atoms with van der Waals surface area (Å²) in [4.78, 5) is 25.3. The molecule has 1 saturated heterocycles. The van der Waals surface area contributed by atoms with Gasteiger partial charge in [-0.25, -0.2) is 4.79 Å². The van der Waals surface area contributed by atoms with E-state index in [-0.39, 0.29) is 31.0 Å². The van der Waals surface area contributed by atoms with Crippen LogP contribution in [0.1, 0.15) is 13.8 Å². The SMILES string of the molecule is CC(C)C1NC(=O)N(CCOc2cccc3ccccc23)C1=O. The molecule has 0 bridgehead atoms. The number of ether oxygens (including phenoxy) is 1. The lowest BCUT2D eigenvalue weighted by Gasteiger charge is -2.15. The van der Waals surface area contributed by atoms with Crippen LogP contribution in [0.25, 0.3) is 10.8 Å². The van der Waals surface area contributed by atoms with Crippen molar-refractivity contribution in [2.75, 3.05) is 13.2 Å². The van der Waals surface area contributed by atoms with Crippen molar-refractivity contribution in [2.45, 2.75) is 19.9 Å². The van der Waals surface area contributed by atoms with E-state index >= 15 is 0 Å². The van der Waals surface area contributed by atoms with Crippen molar-refractivity contribution >= 4 is 22.7 Å². The first-order valence-electron chi connectivity index (χ1n) is 7.80. The van der Waals surface area contributed by atoms with E-state index in [9.17, 15) is 9.59 Å². The van der Waals surface area contributed by atoms with E-state index in [1.165, 1.54) is 4.90 Å². The molecule has 120 valence electrons. The molecule has 0 saturated carbocycles. The second-order valence-electron chi connectivity index (χ2n) is 5.99. The van der Waals surface area contributed by atoms with Crippen LogP contribution < -0.4 is 10.1 Å². The fourth-order valence-corrected chi connectivity index (χ4v) is 2.77. The van der Waals surface area contributed by atoms with E-state index in [2.05, 4.69) is 5.32 Å². The first kappa shape index (κ1) is 15.3. The van der Waals surface area contributed by atoms with Crippen molar-refractivity contribution in [1.29, 1.82) is 0 Å². The molecule has 0 spiro atoms. The second-order valence-corrected chi connectivity index (χ2v) is 5.99. The molecule has 1 unspecified atom stereocenters. The zero-order chi connectivity index (χ0) is 16.4. The number of benzene rings is 2. The number of hydrogen-bond donors (Lipinski definition) is 1. The molecule has 2 aromatic rings. The van der Waals surface area contributed by atoms with Gasteiger partial charge in [-0.2, -0.15) is 0 Å². The van der Waals surface area contributed by atoms with Crippen LogP contribution in [0.5, 0.6) is 5.75 Å². The lowest BCUT2D eigenvalue weighted by Crippen LogP contribution is -2.36.